The third kappa shape index (κ3) is 12.1. The van der Waals surface area contributed by atoms with Crippen LogP contribution in [-0.2, 0) is 6.54 Å². The van der Waals surface area contributed by atoms with E-state index in [4.69, 9.17) is 23.2 Å². The van der Waals surface area contributed by atoms with Gasteiger partial charge in [0, 0.05) is 6.54 Å². The molecule has 0 atom stereocenters. The van der Waals surface area contributed by atoms with Gasteiger partial charge in [0.1, 0.15) is 0 Å². The summed E-state index contributed by atoms with van der Waals surface area (Å²) in [5, 5.41) is 4.74. The normalized spacial score (nSPS) is 10.6. The molecule has 0 aromatic heterocycles. The summed E-state index contributed by atoms with van der Waals surface area (Å²) in [6.07, 6.45) is 13.8. The zero-order valence-electron chi connectivity index (χ0n) is 14.4. The standard InChI is InChI=1S/C19H31Cl2N.ClH/c1-2-3-4-5-6-7-8-9-10-11-14-22-16-17-12-13-18(20)19(21)15-17;/h12-13,15,22H,2-11,14,16H2,1H3;1H. The van der Waals surface area contributed by atoms with Gasteiger partial charge in [-0.05, 0) is 30.7 Å². The van der Waals surface area contributed by atoms with Crippen molar-refractivity contribution in [2.45, 2.75) is 77.7 Å². The van der Waals surface area contributed by atoms with Gasteiger partial charge >= 0.3 is 0 Å². The van der Waals surface area contributed by atoms with Crippen LogP contribution in [0.15, 0.2) is 18.2 Å². The minimum Gasteiger partial charge on any atom is -0.313 e. The minimum atomic E-state index is 0. The molecule has 0 heterocycles. The summed E-state index contributed by atoms with van der Waals surface area (Å²) in [7, 11) is 0. The van der Waals surface area contributed by atoms with Crippen LogP contribution < -0.4 is 5.32 Å². The monoisotopic (exact) mass is 379 g/mol. The number of rotatable bonds is 13. The molecule has 1 nitrogen and oxygen atoms in total. The topological polar surface area (TPSA) is 12.0 Å². The number of benzene rings is 1. The van der Waals surface area contributed by atoms with E-state index in [9.17, 15) is 0 Å². The lowest BCUT2D eigenvalue weighted by atomic mass is 10.1. The second-order valence-corrected chi connectivity index (χ2v) is 6.92. The number of unbranched alkanes of at least 4 members (excludes halogenated alkanes) is 9. The van der Waals surface area contributed by atoms with Gasteiger partial charge in [0.2, 0.25) is 0 Å². The van der Waals surface area contributed by atoms with Crippen LogP contribution in [0.4, 0.5) is 0 Å². The fourth-order valence-corrected chi connectivity index (χ4v) is 2.94. The van der Waals surface area contributed by atoms with E-state index < -0.39 is 0 Å². The lowest BCUT2D eigenvalue weighted by molar-refractivity contribution is 0.543. The van der Waals surface area contributed by atoms with Crippen LogP contribution in [0.2, 0.25) is 10.0 Å². The summed E-state index contributed by atoms with van der Waals surface area (Å²) in [5.74, 6) is 0. The number of halogens is 3. The summed E-state index contributed by atoms with van der Waals surface area (Å²) in [6, 6.07) is 5.83. The van der Waals surface area contributed by atoms with Crippen molar-refractivity contribution in [2.75, 3.05) is 6.54 Å². The SMILES string of the molecule is CCCCCCCCCCCCNCc1ccc(Cl)c(Cl)c1.Cl. The molecule has 1 aromatic rings. The van der Waals surface area contributed by atoms with Gasteiger partial charge in [-0.1, -0.05) is 94.0 Å². The van der Waals surface area contributed by atoms with Crippen LogP contribution in [0.25, 0.3) is 0 Å². The third-order valence-electron chi connectivity index (χ3n) is 4.02. The highest BCUT2D eigenvalue weighted by Gasteiger charge is 1.99. The molecule has 0 aliphatic heterocycles. The molecule has 0 bridgehead atoms. The summed E-state index contributed by atoms with van der Waals surface area (Å²) in [4.78, 5) is 0. The van der Waals surface area contributed by atoms with Crippen molar-refractivity contribution in [1.29, 1.82) is 0 Å². The van der Waals surface area contributed by atoms with Crippen LogP contribution >= 0.6 is 35.6 Å². The van der Waals surface area contributed by atoms with E-state index in [2.05, 4.69) is 12.2 Å². The fourth-order valence-electron chi connectivity index (χ4n) is 2.62. The molecule has 1 N–H and O–H groups in total. The first-order chi connectivity index (χ1) is 10.7. The first kappa shape index (κ1) is 23.1. The van der Waals surface area contributed by atoms with Crippen LogP contribution in [0.1, 0.15) is 76.7 Å². The van der Waals surface area contributed by atoms with Crippen molar-refractivity contribution in [2.24, 2.45) is 0 Å². The minimum absolute atomic E-state index is 0. The smallest absolute Gasteiger partial charge is 0.0595 e. The van der Waals surface area contributed by atoms with Crippen LogP contribution in [0.3, 0.4) is 0 Å². The Balaban J connectivity index is 0.00000484. The number of hydrogen-bond donors (Lipinski definition) is 1. The molecular weight excluding hydrogens is 349 g/mol. The first-order valence-electron chi connectivity index (χ1n) is 8.88. The van der Waals surface area contributed by atoms with E-state index in [1.54, 1.807) is 0 Å². The Hall–Kier alpha value is 0.0500. The molecule has 0 amide bonds. The van der Waals surface area contributed by atoms with E-state index >= 15 is 0 Å². The Kier molecular flexibility index (Phi) is 15.6. The summed E-state index contributed by atoms with van der Waals surface area (Å²) in [6.45, 7) is 4.22. The van der Waals surface area contributed by atoms with E-state index in [1.165, 1.54) is 69.8 Å². The number of nitrogens with one attached hydrogen (secondary N) is 1. The molecule has 1 rings (SSSR count). The van der Waals surface area contributed by atoms with Gasteiger partial charge < -0.3 is 5.32 Å². The predicted molar refractivity (Wildman–Crippen MR) is 107 cm³/mol. The summed E-state index contributed by atoms with van der Waals surface area (Å²) >= 11 is 11.9. The Morgan fingerprint density at radius 1 is 0.783 bits per heavy atom. The van der Waals surface area contributed by atoms with Crippen molar-refractivity contribution in [1.82, 2.24) is 5.32 Å². The van der Waals surface area contributed by atoms with E-state index in [1.807, 2.05) is 18.2 Å². The maximum atomic E-state index is 6.01. The van der Waals surface area contributed by atoms with Crippen molar-refractivity contribution < 1.29 is 0 Å². The zero-order valence-corrected chi connectivity index (χ0v) is 16.7. The molecule has 0 unspecified atom stereocenters. The van der Waals surface area contributed by atoms with Gasteiger partial charge in [-0.3, -0.25) is 0 Å². The highest BCUT2D eigenvalue weighted by atomic mass is 35.5. The first-order valence-corrected chi connectivity index (χ1v) is 9.64. The molecule has 4 heteroatoms. The predicted octanol–water partition coefficient (Wildman–Crippen LogP) is 7.43. The van der Waals surface area contributed by atoms with Gasteiger partial charge in [-0.25, -0.2) is 0 Å². The van der Waals surface area contributed by atoms with E-state index in [0.717, 1.165) is 13.1 Å². The second-order valence-electron chi connectivity index (χ2n) is 6.11. The van der Waals surface area contributed by atoms with Crippen molar-refractivity contribution in [3.8, 4) is 0 Å². The molecule has 0 radical (unpaired) electrons. The lowest BCUT2D eigenvalue weighted by Crippen LogP contribution is -2.14. The lowest BCUT2D eigenvalue weighted by Gasteiger charge is -2.06. The van der Waals surface area contributed by atoms with Gasteiger partial charge in [0.15, 0.2) is 0 Å². The van der Waals surface area contributed by atoms with Crippen LogP contribution in [-0.4, -0.2) is 6.54 Å². The maximum absolute atomic E-state index is 6.01. The highest BCUT2D eigenvalue weighted by Crippen LogP contribution is 2.22. The third-order valence-corrected chi connectivity index (χ3v) is 4.76. The summed E-state index contributed by atoms with van der Waals surface area (Å²) in [5.41, 5.74) is 1.20. The van der Waals surface area contributed by atoms with Crippen LogP contribution in [0.5, 0.6) is 0 Å². The largest absolute Gasteiger partial charge is 0.313 e. The molecule has 0 saturated heterocycles. The molecule has 134 valence electrons. The van der Waals surface area contributed by atoms with Crippen LogP contribution in [0, 0.1) is 0 Å². The molecule has 0 aliphatic rings. The molecular formula is C19H32Cl3N. The van der Waals surface area contributed by atoms with Crippen molar-refractivity contribution in [3.05, 3.63) is 33.8 Å². The van der Waals surface area contributed by atoms with Gasteiger partial charge in [-0.15, -0.1) is 12.4 Å². The van der Waals surface area contributed by atoms with Gasteiger partial charge in [0.05, 0.1) is 10.0 Å². The average molecular weight is 381 g/mol. The quantitative estimate of drug-likeness (QED) is 0.351. The molecule has 0 aliphatic carbocycles. The Morgan fingerprint density at radius 2 is 1.35 bits per heavy atom. The molecule has 0 saturated carbocycles. The van der Waals surface area contributed by atoms with Crippen molar-refractivity contribution in [3.63, 3.8) is 0 Å². The van der Waals surface area contributed by atoms with Gasteiger partial charge in [-0.2, -0.15) is 0 Å². The van der Waals surface area contributed by atoms with E-state index in [-0.39, 0.29) is 12.4 Å². The second kappa shape index (κ2) is 15.6. The summed E-state index contributed by atoms with van der Waals surface area (Å²) < 4.78 is 0. The molecule has 23 heavy (non-hydrogen) atoms. The van der Waals surface area contributed by atoms with E-state index in [0.29, 0.717) is 10.0 Å². The highest BCUT2D eigenvalue weighted by molar-refractivity contribution is 6.42. The average Bonchev–Trinajstić information content (AvgIpc) is 2.52. The Bertz CT molecular complexity index is 396. The van der Waals surface area contributed by atoms with Gasteiger partial charge in [0.25, 0.3) is 0 Å². The Morgan fingerprint density at radius 3 is 1.91 bits per heavy atom. The Labute approximate surface area is 158 Å². The molecule has 0 fully saturated rings. The molecule has 1 aromatic carbocycles. The molecule has 0 spiro atoms. The van der Waals surface area contributed by atoms with Crippen molar-refractivity contribution >= 4 is 35.6 Å². The maximum Gasteiger partial charge on any atom is 0.0595 e. The fraction of sp³-hybridized carbons (Fsp3) is 0.684. The number of hydrogen-bond acceptors (Lipinski definition) is 1. The zero-order chi connectivity index (χ0) is 16.0.